The smallest absolute Gasteiger partial charge is 0.389 e. The lowest BCUT2D eigenvalue weighted by atomic mass is 9.84. The van der Waals surface area contributed by atoms with Gasteiger partial charge >= 0.3 is 5.91 Å². The van der Waals surface area contributed by atoms with Crippen molar-refractivity contribution in [2.75, 3.05) is 0 Å². The predicted octanol–water partition coefficient (Wildman–Crippen LogP) is 9.99. The SMILES string of the molecule is CC(=O)O.CC(=O)[n+]1ccccc1.Cc1c(C)c2c(c(C)c1O)CC[C@@](C)(CCCC(C)CCCC(C)CCCC(C)C)O2.Cl. The number of carboxylic acid groups (broad SMARTS) is 1. The summed E-state index contributed by atoms with van der Waals surface area (Å²) in [6.07, 6.45) is 17.5. The Morgan fingerprint density at radius 1 is 0.844 bits per heavy atom. The van der Waals surface area contributed by atoms with E-state index in [1.165, 1.54) is 68.4 Å². The zero-order valence-electron chi connectivity index (χ0n) is 29.9. The van der Waals surface area contributed by atoms with Crippen molar-refractivity contribution in [2.24, 2.45) is 17.8 Å². The summed E-state index contributed by atoms with van der Waals surface area (Å²) in [7, 11) is 0. The van der Waals surface area contributed by atoms with Gasteiger partial charge in [0, 0.05) is 24.6 Å². The first kappa shape index (κ1) is 42.4. The van der Waals surface area contributed by atoms with Gasteiger partial charge in [-0.05, 0) is 87.8 Å². The molecule has 2 unspecified atom stereocenters. The molecule has 1 aliphatic heterocycles. The van der Waals surface area contributed by atoms with E-state index in [-0.39, 0.29) is 23.9 Å². The summed E-state index contributed by atoms with van der Waals surface area (Å²) in [5.74, 6) is 3.24. The van der Waals surface area contributed by atoms with Crippen molar-refractivity contribution in [3.63, 3.8) is 0 Å². The van der Waals surface area contributed by atoms with Crippen LogP contribution in [0.3, 0.4) is 0 Å². The van der Waals surface area contributed by atoms with Crippen molar-refractivity contribution in [2.45, 2.75) is 145 Å². The van der Waals surface area contributed by atoms with Crippen molar-refractivity contribution < 1.29 is 29.1 Å². The van der Waals surface area contributed by atoms with Crippen LogP contribution >= 0.6 is 12.4 Å². The van der Waals surface area contributed by atoms with E-state index < -0.39 is 5.97 Å². The van der Waals surface area contributed by atoms with E-state index in [1.807, 2.05) is 32.0 Å². The first-order valence-electron chi connectivity index (χ1n) is 16.7. The minimum absolute atomic E-state index is 0. The number of fused-ring (bicyclic) bond motifs is 1. The summed E-state index contributed by atoms with van der Waals surface area (Å²) in [5, 5.41) is 17.8. The molecule has 0 bridgehead atoms. The number of phenols is 1. The van der Waals surface area contributed by atoms with Gasteiger partial charge in [-0.3, -0.25) is 4.79 Å². The maximum absolute atomic E-state index is 10.6. The molecule has 1 aromatic carbocycles. The number of halogens is 1. The number of rotatable bonds is 12. The lowest BCUT2D eigenvalue weighted by Gasteiger charge is -2.38. The molecule has 45 heavy (non-hydrogen) atoms. The number of pyridine rings is 1. The third-order valence-electron chi connectivity index (χ3n) is 8.95. The largest absolute Gasteiger partial charge is 0.507 e. The van der Waals surface area contributed by atoms with Crippen molar-refractivity contribution >= 4 is 24.3 Å². The number of aromatic hydroxyl groups is 1. The van der Waals surface area contributed by atoms with Gasteiger partial charge in [0.05, 0.1) is 6.92 Å². The van der Waals surface area contributed by atoms with E-state index in [1.54, 1.807) is 12.4 Å². The number of ether oxygens (including phenoxy) is 1. The zero-order chi connectivity index (χ0) is 33.4. The van der Waals surface area contributed by atoms with Gasteiger partial charge in [0.15, 0.2) is 12.4 Å². The molecule has 1 aromatic heterocycles. The fourth-order valence-electron chi connectivity index (χ4n) is 5.88. The summed E-state index contributed by atoms with van der Waals surface area (Å²) in [6.45, 7) is 20.6. The minimum atomic E-state index is -0.833. The Balaban J connectivity index is 0.00000115. The maximum Gasteiger partial charge on any atom is 0.389 e. The Hall–Kier alpha value is -2.60. The number of carboxylic acids is 1. The molecule has 1 aliphatic rings. The second-order valence-corrected chi connectivity index (χ2v) is 13.8. The van der Waals surface area contributed by atoms with Crippen molar-refractivity contribution in [3.05, 3.63) is 52.8 Å². The fraction of sp³-hybridized carbons (Fsp3) is 0.658. The summed E-state index contributed by atoms with van der Waals surface area (Å²) in [6, 6.07) is 5.52. The van der Waals surface area contributed by atoms with Crippen LogP contribution in [-0.4, -0.2) is 27.7 Å². The summed E-state index contributed by atoms with van der Waals surface area (Å²) < 4.78 is 8.13. The highest BCUT2D eigenvalue weighted by molar-refractivity contribution is 5.85. The normalized spacial score (nSPS) is 16.4. The Bertz CT molecular complexity index is 1160. The summed E-state index contributed by atoms with van der Waals surface area (Å²) in [4.78, 5) is 19.6. The number of phenolic OH excluding ortho intramolecular Hbond substituents is 1. The Labute approximate surface area is 280 Å². The number of hydrogen-bond acceptors (Lipinski definition) is 4. The lowest BCUT2D eigenvalue weighted by molar-refractivity contribution is -0.572. The van der Waals surface area contributed by atoms with Gasteiger partial charge in [-0.1, -0.05) is 78.7 Å². The highest BCUT2D eigenvalue weighted by atomic mass is 35.5. The average Bonchev–Trinajstić information content (AvgIpc) is 2.95. The number of nitrogens with zero attached hydrogens (tertiary/aromatic N) is 1. The van der Waals surface area contributed by atoms with Gasteiger partial charge in [-0.25, -0.2) is 4.79 Å². The molecule has 256 valence electrons. The standard InChI is InChI=1S/C29H50O2.C7H8NO.C2H4O2.ClH/c1-20(2)12-9-13-21(3)14-10-15-22(4)16-11-18-29(8)19-17-26-25(7)27(30)23(5)24(6)28(26)31-29;1-7(9)8-5-3-2-4-6-8;1-2(3)4;/h20-22,30H,9-19H2,1-8H3;2-6H,1H3;1H3,(H,3,4);1H/q;+1;;/t21?,22?,29-;;;/m1.../s1. The Morgan fingerprint density at radius 2 is 1.33 bits per heavy atom. The molecule has 0 saturated heterocycles. The van der Waals surface area contributed by atoms with Crippen LogP contribution in [0, 0.1) is 38.5 Å². The molecule has 2 N–H and O–H groups in total. The maximum atomic E-state index is 10.6. The van der Waals surface area contributed by atoms with Gasteiger partial charge in [0.25, 0.3) is 5.97 Å². The fourth-order valence-corrected chi connectivity index (χ4v) is 5.88. The van der Waals surface area contributed by atoms with E-state index >= 15 is 0 Å². The van der Waals surface area contributed by atoms with Crippen LogP contribution in [0.2, 0.25) is 0 Å². The highest BCUT2D eigenvalue weighted by Gasteiger charge is 2.34. The minimum Gasteiger partial charge on any atom is -0.507 e. The molecule has 2 heterocycles. The first-order chi connectivity index (χ1) is 20.6. The lowest BCUT2D eigenvalue weighted by Crippen LogP contribution is -2.38. The zero-order valence-corrected chi connectivity index (χ0v) is 30.7. The van der Waals surface area contributed by atoms with Crippen molar-refractivity contribution in [3.8, 4) is 11.5 Å². The van der Waals surface area contributed by atoms with Crippen LogP contribution < -0.4 is 9.30 Å². The van der Waals surface area contributed by atoms with E-state index in [9.17, 15) is 9.90 Å². The molecule has 0 aliphatic carbocycles. The molecule has 0 radical (unpaired) electrons. The molecule has 6 nitrogen and oxygen atoms in total. The molecular weight excluding hydrogens is 586 g/mol. The monoisotopic (exact) mass is 648 g/mol. The third-order valence-corrected chi connectivity index (χ3v) is 8.95. The molecule has 0 amide bonds. The number of benzene rings is 1. The Morgan fingerprint density at radius 3 is 1.80 bits per heavy atom. The predicted molar refractivity (Wildman–Crippen MR) is 188 cm³/mol. The number of carbonyl (C=O) groups excluding carboxylic acids is 1. The van der Waals surface area contributed by atoms with Gasteiger partial charge in [-0.2, -0.15) is 0 Å². The number of hydrogen-bond donors (Lipinski definition) is 2. The third kappa shape index (κ3) is 16.0. The second kappa shape index (κ2) is 21.2. The Kier molecular flexibility index (Phi) is 20.0. The van der Waals surface area contributed by atoms with Gasteiger partial charge in [-0.15, -0.1) is 17.0 Å². The van der Waals surface area contributed by atoms with E-state index in [0.717, 1.165) is 66.4 Å². The van der Waals surface area contributed by atoms with Crippen molar-refractivity contribution in [1.29, 1.82) is 0 Å². The average molecular weight is 649 g/mol. The first-order valence-corrected chi connectivity index (χ1v) is 16.7. The second-order valence-electron chi connectivity index (χ2n) is 13.8. The van der Waals surface area contributed by atoms with Crippen molar-refractivity contribution in [1.82, 2.24) is 0 Å². The highest BCUT2D eigenvalue weighted by Crippen LogP contribution is 2.44. The molecule has 7 heteroatoms. The molecular formula is C38H63ClNO5+. The molecule has 0 saturated carbocycles. The number of aliphatic carboxylic acids is 1. The number of aromatic nitrogens is 1. The van der Waals surface area contributed by atoms with Crippen LogP contribution in [0.5, 0.6) is 11.5 Å². The van der Waals surface area contributed by atoms with Crippen LogP contribution in [0.1, 0.15) is 140 Å². The summed E-state index contributed by atoms with van der Waals surface area (Å²) in [5.41, 5.74) is 4.23. The quantitative estimate of drug-likeness (QED) is 0.224. The van der Waals surface area contributed by atoms with Crippen LogP contribution in [-0.2, 0) is 11.2 Å². The van der Waals surface area contributed by atoms with E-state index in [0.29, 0.717) is 5.75 Å². The molecule has 0 fully saturated rings. The molecule has 3 rings (SSSR count). The van der Waals surface area contributed by atoms with Gasteiger partial charge in [0.1, 0.15) is 17.1 Å². The summed E-state index contributed by atoms with van der Waals surface area (Å²) >= 11 is 0. The van der Waals surface area contributed by atoms with E-state index in [4.69, 9.17) is 14.6 Å². The van der Waals surface area contributed by atoms with Crippen LogP contribution in [0.15, 0.2) is 30.6 Å². The molecule has 3 atom stereocenters. The van der Waals surface area contributed by atoms with Gasteiger partial charge in [0.2, 0.25) is 0 Å². The van der Waals surface area contributed by atoms with Gasteiger partial charge < -0.3 is 14.9 Å². The van der Waals surface area contributed by atoms with Crippen LogP contribution in [0.25, 0.3) is 0 Å². The molecule has 0 spiro atoms. The number of carbonyl (C=O) groups is 2. The van der Waals surface area contributed by atoms with Crippen LogP contribution in [0.4, 0.5) is 0 Å². The molecule has 2 aromatic rings. The van der Waals surface area contributed by atoms with E-state index in [2.05, 4.69) is 41.5 Å². The topological polar surface area (TPSA) is 87.7 Å².